The van der Waals surface area contributed by atoms with Gasteiger partial charge in [-0.1, -0.05) is 36.4 Å². The lowest BCUT2D eigenvalue weighted by molar-refractivity contribution is -0.118. The van der Waals surface area contributed by atoms with Gasteiger partial charge in [0.15, 0.2) is 11.5 Å². The van der Waals surface area contributed by atoms with E-state index in [2.05, 4.69) is 5.32 Å². The minimum absolute atomic E-state index is 0.106. The molecule has 0 aliphatic heterocycles. The molecule has 1 fully saturated rings. The Morgan fingerprint density at radius 3 is 2.32 bits per heavy atom. The normalized spacial score (nSPS) is 14.5. The van der Waals surface area contributed by atoms with Gasteiger partial charge >= 0.3 is 0 Å². The number of rotatable bonds is 5. The van der Waals surface area contributed by atoms with E-state index in [0.717, 1.165) is 22.4 Å². The molecule has 3 aromatic carbocycles. The van der Waals surface area contributed by atoms with Gasteiger partial charge < -0.3 is 21.3 Å². The summed E-state index contributed by atoms with van der Waals surface area (Å²) in [7, 11) is 0. The van der Waals surface area contributed by atoms with Crippen molar-refractivity contribution in [1.82, 2.24) is 0 Å². The van der Waals surface area contributed by atoms with Gasteiger partial charge in [-0.2, -0.15) is 0 Å². The minimum Gasteiger partial charge on any atom is -0.504 e. The quantitative estimate of drug-likeness (QED) is 0.510. The van der Waals surface area contributed by atoms with Gasteiger partial charge in [0.25, 0.3) is 0 Å². The first kappa shape index (κ1) is 18.1. The fraction of sp³-hybridized carbons (Fsp3) is 0.174. The molecule has 1 amide bonds. The van der Waals surface area contributed by atoms with E-state index in [1.165, 1.54) is 12.1 Å². The van der Waals surface area contributed by atoms with Crippen molar-refractivity contribution >= 4 is 11.6 Å². The molecule has 0 spiro atoms. The van der Waals surface area contributed by atoms with Crippen LogP contribution in [0.4, 0.5) is 5.69 Å². The molecule has 0 bridgehead atoms. The largest absolute Gasteiger partial charge is 0.504 e. The molecule has 142 valence electrons. The summed E-state index contributed by atoms with van der Waals surface area (Å²) in [5.74, 6) is -0.504. The summed E-state index contributed by atoms with van der Waals surface area (Å²) in [6.07, 6.45) is 1.42. The van der Waals surface area contributed by atoms with Crippen molar-refractivity contribution in [3.05, 3.63) is 77.9 Å². The number of nitrogens with one attached hydrogen (secondary N) is 1. The second-order valence-corrected chi connectivity index (χ2v) is 7.23. The highest BCUT2D eigenvalue weighted by Crippen LogP contribution is 2.50. The van der Waals surface area contributed by atoms with E-state index in [9.17, 15) is 15.0 Å². The summed E-state index contributed by atoms with van der Waals surface area (Å²) in [5.41, 5.74) is 9.61. The zero-order chi connectivity index (χ0) is 19.7. The number of carbonyl (C=O) groups is 1. The highest BCUT2D eigenvalue weighted by atomic mass is 16.3. The molecule has 5 N–H and O–H groups in total. The maximum absolute atomic E-state index is 13.0. The summed E-state index contributed by atoms with van der Waals surface area (Å²) >= 11 is 0. The van der Waals surface area contributed by atoms with Gasteiger partial charge in [-0.25, -0.2) is 0 Å². The zero-order valence-electron chi connectivity index (χ0n) is 15.4. The Balaban J connectivity index is 1.57. The third kappa shape index (κ3) is 3.32. The fourth-order valence-corrected chi connectivity index (χ4v) is 3.50. The van der Waals surface area contributed by atoms with Crippen molar-refractivity contribution in [1.29, 1.82) is 0 Å². The SMILES string of the molecule is NCc1cccc(-c2cccc(NC(=O)C3(c4ccc(O)c(O)c4)CC3)c2)c1. The van der Waals surface area contributed by atoms with Gasteiger partial charge in [-0.3, -0.25) is 4.79 Å². The van der Waals surface area contributed by atoms with Crippen LogP contribution in [-0.4, -0.2) is 16.1 Å². The highest BCUT2D eigenvalue weighted by Gasteiger charge is 2.51. The number of hydrogen-bond donors (Lipinski definition) is 4. The lowest BCUT2D eigenvalue weighted by Crippen LogP contribution is -2.27. The Morgan fingerprint density at radius 1 is 0.929 bits per heavy atom. The molecule has 3 aromatic rings. The molecule has 1 saturated carbocycles. The molecule has 1 aliphatic carbocycles. The van der Waals surface area contributed by atoms with Crippen molar-refractivity contribution in [3.63, 3.8) is 0 Å². The molecule has 0 saturated heterocycles. The predicted octanol–water partition coefficient (Wildman–Crippen LogP) is 3.89. The van der Waals surface area contributed by atoms with E-state index in [1.807, 2.05) is 48.5 Å². The average Bonchev–Trinajstić information content (AvgIpc) is 3.52. The number of benzene rings is 3. The summed E-state index contributed by atoms with van der Waals surface area (Å²) in [4.78, 5) is 13.0. The van der Waals surface area contributed by atoms with Crippen LogP contribution in [0.1, 0.15) is 24.0 Å². The van der Waals surface area contributed by atoms with Crippen LogP contribution in [0, 0.1) is 0 Å². The third-order valence-electron chi connectivity index (χ3n) is 5.33. The van der Waals surface area contributed by atoms with Gasteiger partial charge in [0.2, 0.25) is 5.91 Å². The number of phenolic OH excluding ortho intramolecular Hbond substituents is 2. The second kappa shape index (κ2) is 7.02. The first-order valence-electron chi connectivity index (χ1n) is 9.25. The Bertz CT molecular complexity index is 1040. The Morgan fingerprint density at radius 2 is 1.64 bits per heavy atom. The lowest BCUT2D eigenvalue weighted by atomic mass is 9.94. The van der Waals surface area contributed by atoms with Crippen LogP contribution < -0.4 is 11.1 Å². The van der Waals surface area contributed by atoms with E-state index >= 15 is 0 Å². The van der Waals surface area contributed by atoms with Gasteiger partial charge in [-0.05, 0) is 65.4 Å². The van der Waals surface area contributed by atoms with E-state index in [4.69, 9.17) is 5.73 Å². The third-order valence-corrected chi connectivity index (χ3v) is 5.33. The monoisotopic (exact) mass is 374 g/mol. The molecule has 0 aromatic heterocycles. The molecule has 0 atom stereocenters. The number of aromatic hydroxyl groups is 2. The fourth-order valence-electron chi connectivity index (χ4n) is 3.50. The number of anilines is 1. The summed E-state index contributed by atoms with van der Waals surface area (Å²) in [5, 5.41) is 22.3. The molecular weight excluding hydrogens is 352 g/mol. The van der Waals surface area contributed by atoms with Crippen LogP contribution in [-0.2, 0) is 16.8 Å². The van der Waals surface area contributed by atoms with Crippen LogP contribution in [0.25, 0.3) is 11.1 Å². The van der Waals surface area contributed by atoms with Gasteiger partial charge in [-0.15, -0.1) is 0 Å². The average molecular weight is 374 g/mol. The minimum atomic E-state index is -0.652. The molecule has 4 rings (SSSR count). The van der Waals surface area contributed by atoms with Gasteiger partial charge in [0.05, 0.1) is 5.41 Å². The first-order valence-corrected chi connectivity index (χ1v) is 9.25. The van der Waals surface area contributed by atoms with Crippen LogP contribution in [0.2, 0.25) is 0 Å². The lowest BCUT2D eigenvalue weighted by Gasteiger charge is -2.17. The summed E-state index contributed by atoms with van der Waals surface area (Å²) in [6.45, 7) is 0.478. The molecule has 5 nitrogen and oxygen atoms in total. The second-order valence-electron chi connectivity index (χ2n) is 7.23. The first-order chi connectivity index (χ1) is 13.5. The van der Waals surface area contributed by atoms with Gasteiger partial charge in [0.1, 0.15) is 0 Å². The number of phenols is 2. The predicted molar refractivity (Wildman–Crippen MR) is 109 cm³/mol. The molecular formula is C23H22N2O3. The molecule has 0 radical (unpaired) electrons. The van der Waals surface area contributed by atoms with Crippen LogP contribution >= 0.6 is 0 Å². The van der Waals surface area contributed by atoms with Crippen molar-refractivity contribution in [2.24, 2.45) is 5.73 Å². The number of hydrogen-bond acceptors (Lipinski definition) is 4. The summed E-state index contributed by atoms with van der Waals surface area (Å²) in [6, 6.07) is 20.3. The van der Waals surface area contributed by atoms with E-state index in [1.54, 1.807) is 6.07 Å². The van der Waals surface area contributed by atoms with Crippen LogP contribution in [0.15, 0.2) is 66.7 Å². The maximum Gasteiger partial charge on any atom is 0.235 e. The number of nitrogens with two attached hydrogens (primary N) is 1. The standard InChI is InChI=1S/C23H22N2O3/c24-14-15-3-1-4-16(11-15)17-5-2-6-19(12-17)25-22(28)23(9-10-23)18-7-8-20(26)21(27)13-18/h1-8,11-13,26-27H,9-10,14,24H2,(H,25,28). The zero-order valence-corrected chi connectivity index (χ0v) is 15.4. The molecule has 0 heterocycles. The van der Waals surface area contributed by atoms with Crippen molar-refractivity contribution < 1.29 is 15.0 Å². The highest BCUT2D eigenvalue weighted by molar-refractivity contribution is 6.01. The van der Waals surface area contributed by atoms with Crippen molar-refractivity contribution in [2.75, 3.05) is 5.32 Å². The van der Waals surface area contributed by atoms with Crippen molar-refractivity contribution in [2.45, 2.75) is 24.8 Å². The van der Waals surface area contributed by atoms with Gasteiger partial charge in [0, 0.05) is 12.2 Å². The van der Waals surface area contributed by atoms with E-state index in [-0.39, 0.29) is 17.4 Å². The maximum atomic E-state index is 13.0. The Labute approximate surface area is 163 Å². The molecule has 1 aliphatic rings. The topological polar surface area (TPSA) is 95.6 Å². The molecule has 5 heteroatoms. The molecule has 28 heavy (non-hydrogen) atoms. The smallest absolute Gasteiger partial charge is 0.235 e. The molecule has 0 unspecified atom stereocenters. The summed E-state index contributed by atoms with van der Waals surface area (Å²) < 4.78 is 0. The Hall–Kier alpha value is -3.31. The van der Waals surface area contributed by atoms with Crippen LogP contribution in [0.3, 0.4) is 0 Å². The van der Waals surface area contributed by atoms with E-state index in [0.29, 0.717) is 24.9 Å². The van der Waals surface area contributed by atoms with Crippen LogP contribution in [0.5, 0.6) is 11.5 Å². The Kier molecular flexibility index (Phi) is 4.53. The number of carbonyl (C=O) groups excluding carboxylic acids is 1. The van der Waals surface area contributed by atoms with E-state index < -0.39 is 5.41 Å². The van der Waals surface area contributed by atoms with Crippen molar-refractivity contribution in [3.8, 4) is 22.6 Å². The number of amides is 1.